The molecule has 58 valence electrons. The predicted molar refractivity (Wildman–Crippen MR) is 41.8 cm³/mol. The third-order valence-electron chi connectivity index (χ3n) is 1.22. The summed E-state index contributed by atoms with van der Waals surface area (Å²) in [6, 6.07) is 3.72. The number of hydrogen-bond acceptors (Lipinski definition) is 2. The molecule has 0 atom stereocenters. The van der Waals surface area contributed by atoms with Crippen molar-refractivity contribution in [2.75, 3.05) is 7.11 Å². The topological polar surface area (TPSA) is 42.1 Å². The molecule has 0 saturated heterocycles. The normalized spacial score (nSPS) is 10.3. The van der Waals surface area contributed by atoms with Crippen LogP contribution < -0.4 is 0 Å². The first-order valence-corrected chi connectivity index (χ1v) is 3.22. The summed E-state index contributed by atoms with van der Waals surface area (Å²) in [7, 11) is 1.35. The van der Waals surface area contributed by atoms with E-state index in [0.29, 0.717) is 0 Å². The molecule has 0 unspecified atom stereocenters. The van der Waals surface area contributed by atoms with E-state index in [-0.39, 0.29) is 5.97 Å². The molecule has 3 heteroatoms. The molecule has 0 fully saturated rings. The van der Waals surface area contributed by atoms with Gasteiger partial charge in [-0.2, -0.15) is 0 Å². The summed E-state index contributed by atoms with van der Waals surface area (Å²) >= 11 is 0. The molecule has 1 aromatic heterocycles. The molecule has 1 rings (SSSR count). The molecule has 1 aromatic rings. The number of methoxy groups -OCH3 is 1. The smallest absolute Gasteiger partial charge is 0.330 e. The SMILES string of the molecule is COC(=O)C=Cc1ccc[nH]1. The van der Waals surface area contributed by atoms with E-state index < -0.39 is 0 Å². The average molecular weight is 151 g/mol. The van der Waals surface area contributed by atoms with Crippen molar-refractivity contribution in [3.05, 3.63) is 30.1 Å². The molecule has 1 N–H and O–H groups in total. The maximum Gasteiger partial charge on any atom is 0.330 e. The molecule has 0 aliphatic heterocycles. The van der Waals surface area contributed by atoms with Crippen LogP contribution in [0.4, 0.5) is 0 Å². The number of aromatic amines is 1. The number of ether oxygens (including phenoxy) is 1. The molecular weight excluding hydrogens is 142 g/mol. The van der Waals surface area contributed by atoms with Gasteiger partial charge in [-0.25, -0.2) is 4.79 Å². The van der Waals surface area contributed by atoms with E-state index in [0.717, 1.165) is 5.69 Å². The van der Waals surface area contributed by atoms with Gasteiger partial charge in [0.2, 0.25) is 0 Å². The second kappa shape index (κ2) is 3.61. The molecular formula is C8H9NO2. The van der Waals surface area contributed by atoms with Crippen molar-refractivity contribution >= 4 is 12.0 Å². The van der Waals surface area contributed by atoms with E-state index in [2.05, 4.69) is 9.72 Å². The van der Waals surface area contributed by atoms with Gasteiger partial charge in [0, 0.05) is 18.0 Å². The fraction of sp³-hybridized carbons (Fsp3) is 0.125. The summed E-state index contributed by atoms with van der Waals surface area (Å²) in [5.74, 6) is -0.348. The number of carbonyl (C=O) groups is 1. The Kier molecular flexibility index (Phi) is 2.49. The standard InChI is InChI=1S/C8H9NO2/c1-11-8(10)5-4-7-3-2-6-9-7/h2-6,9H,1H3. The van der Waals surface area contributed by atoms with E-state index in [1.807, 2.05) is 12.1 Å². The number of rotatable bonds is 2. The van der Waals surface area contributed by atoms with E-state index in [9.17, 15) is 4.79 Å². The van der Waals surface area contributed by atoms with Gasteiger partial charge in [0.15, 0.2) is 0 Å². The van der Waals surface area contributed by atoms with Crippen molar-refractivity contribution in [1.29, 1.82) is 0 Å². The van der Waals surface area contributed by atoms with Gasteiger partial charge in [-0.05, 0) is 18.2 Å². The molecule has 0 bridgehead atoms. The molecule has 0 spiro atoms. The van der Waals surface area contributed by atoms with Crippen molar-refractivity contribution in [3.63, 3.8) is 0 Å². The Balaban J connectivity index is 2.55. The van der Waals surface area contributed by atoms with E-state index in [1.54, 1.807) is 12.3 Å². The first kappa shape index (κ1) is 7.60. The molecule has 0 radical (unpaired) electrons. The maximum absolute atomic E-state index is 10.6. The van der Waals surface area contributed by atoms with Crippen LogP contribution in [0.5, 0.6) is 0 Å². The second-order valence-electron chi connectivity index (χ2n) is 1.98. The highest BCUT2D eigenvalue weighted by Crippen LogP contribution is 1.96. The third-order valence-corrected chi connectivity index (χ3v) is 1.22. The van der Waals surface area contributed by atoms with Crippen molar-refractivity contribution in [1.82, 2.24) is 4.98 Å². The minimum absolute atomic E-state index is 0.348. The van der Waals surface area contributed by atoms with Gasteiger partial charge >= 0.3 is 5.97 Å². The van der Waals surface area contributed by atoms with E-state index in [1.165, 1.54) is 13.2 Å². The summed E-state index contributed by atoms with van der Waals surface area (Å²) in [4.78, 5) is 13.5. The van der Waals surface area contributed by atoms with Crippen LogP contribution >= 0.6 is 0 Å². The Morgan fingerprint density at radius 3 is 3.09 bits per heavy atom. The first-order valence-electron chi connectivity index (χ1n) is 3.22. The van der Waals surface area contributed by atoms with E-state index >= 15 is 0 Å². The van der Waals surface area contributed by atoms with Crippen molar-refractivity contribution in [2.24, 2.45) is 0 Å². The van der Waals surface area contributed by atoms with Crippen LogP contribution in [-0.2, 0) is 9.53 Å². The predicted octanol–water partition coefficient (Wildman–Crippen LogP) is 1.20. The highest BCUT2D eigenvalue weighted by molar-refractivity contribution is 5.86. The van der Waals surface area contributed by atoms with E-state index in [4.69, 9.17) is 0 Å². The largest absolute Gasteiger partial charge is 0.466 e. The van der Waals surface area contributed by atoms with Crippen molar-refractivity contribution in [2.45, 2.75) is 0 Å². The number of H-pyrrole nitrogens is 1. The highest BCUT2D eigenvalue weighted by Gasteiger charge is 1.90. The fourth-order valence-electron chi connectivity index (χ4n) is 0.674. The summed E-state index contributed by atoms with van der Waals surface area (Å²) in [6.45, 7) is 0. The lowest BCUT2D eigenvalue weighted by molar-refractivity contribution is -0.134. The van der Waals surface area contributed by atoms with Gasteiger partial charge in [-0.15, -0.1) is 0 Å². The zero-order valence-corrected chi connectivity index (χ0v) is 6.20. The van der Waals surface area contributed by atoms with Crippen molar-refractivity contribution < 1.29 is 9.53 Å². The quantitative estimate of drug-likeness (QED) is 0.509. The Bertz CT molecular complexity index is 249. The van der Waals surface area contributed by atoms with Crippen LogP contribution in [-0.4, -0.2) is 18.1 Å². The molecule has 0 saturated carbocycles. The third kappa shape index (κ3) is 2.29. The Morgan fingerprint density at radius 2 is 2.55 bits per heavy atom. The Morgan fingerprint density at radius 1 is 1.73 bits per heavy atom. The summed E-state index contributed by atoms with van der Waals surface area (Å²) in [6.07, 6.45) is 4.81. The summed E-state index contributed by atoms with van der Waals surface area (Å²) in [5, 5.41) is 0. The van der Waals surface area contributed by atoms with Crippen LogP contribution in [0.1, 0.15) is 5.69 Å². The molecule has 0 aliphatic carbocycles. The summed E-state index contributed by atoms with van der Waals surface area (Å²) < 4.78 is 4.41. The lowest BCUT2D eigenvalue weighted by Gasteiger charge is -1.87. The molecule has 0 amide bonds. The molecule has 1 heterocycles. The minimum Gasteiger partial charge on any atom is -0.466 e. The first-order chi connectivity index (χ1) is 5.33. The maximum atomic E-state index is 10.6. The van der Waals surface area contributed by atoms with Crippen LogP contribution in [0.25, 0.3) is 6.08 Å². The lowest BCUT2D eigenvalue weighted by atomic mass is 10.4. The van der Waals surface area contributed by atoms with Gasteiger partial charge in [0.25, 0.3) is 0 Å². The molecule has 11 heavy (non-hydrogen) atoms. The van der Waals surface area contributed by atoms with Gasteiger partial charge in [0.05, 0.1) is 7.11 Å². The Labute approximate surface area is 64.7 Å². The van der Waals surface area contributed by atoms with Crippen LogP contribution in [0.15, 0.2) is 24.4 Å². The minimum atomic E-state index is -0.348. The average Bonchev–Trinajstić information content (AvgIpc) is 2.52. The molecule has 0 aromatic carbocycles. The zero-order valence-electron chi connectivity index (χ0n) is 6.20. The van der Waals surface area contributed by atoms with Crippen molar-refractivity contribution in [3.8, 4) is 0 Å². The highest BCUT2D eigenvalue weighted by atomic mass is 16.5. The zero-order chi connectivity index (χ0) is 8.10. The number of nitrogens with one attached hydrogen (secondary N) is 1. The van der Waals surface area contributed by atoms with Gasteiger partial charge in [0.1, 0.15) is 0 Å². The summed E-state index contributed by atoms with van der Waals surface area (Å²) in [5.41, 5.74) is 0.885. The molecule has 0 aliphatic rings. The van der Waals surface area contributed by atoms with Crippen LogP contribution in [0.2, 0.25) is 0 Å². The van der Waals surface area contributed by atoms with Crippen LogP contribution in [0, 0.1) is 0 Å². The lowest BCUT2D eigenvalue weighted by Crippen LogP contribution is -1.93. The van der Waals surface area contributed by atoms with Gasteiger partial charge in [-0.1, -0.05) is 0 Å². The second-order valence-corrected chi connectivity index (χ2v) is 1.98. The Hall–Kier alpha value is -1.51. The van der Waals surface area contributed by atoms with Gasteiger partial charge in [-0.3, -0.25) is 0 Å². The number of hydrogen-bond donors (Lipinski definition) is 1. The van der Waals surface area contributed by atoms with Crippen LogP contribution in [0.3, 0.4) is 0 Å². The molecule has 3 nitrogen and oxygen atoms in total. The number of carbonyl (C=O) groups excluding carboxylic acids is 1. The number of esters is 1. The fourth-order valence-corrected chi connectivity index (χ4v) is 0.674. The number of aromatic nitrogens is 1. The monoisotopic (exact) mass is 151 g/mol. The van der Waals surface area contributed by atoms with Gasteiger partial charge < -0.3 is 9.72 Å².